The van der Waals surface area contributed by atoms with Gasteiger partial charge in [0.05, 0.1) is 0 Å². The first-order valence-corrected chi connectivity index (χ1v) is 6.87. The van der Waals surface area contributed by atoms with Crippen LogP contribution in [0.1, 0.15) is 24.8 Å². The average Bonchev–Trinajstić information content (AvgIpc) is 2.72. The highest BCUT2D eigenvalue weighted by atomic mass is 32.2. The lowest BCUT2D eigenvalue weighted by Crippen LogP contribution is -2.26. The average molecular weight is 238 g/mol. The zero-order valence-corrected chi connectivity index (χ0v) is 10.5. The van der Waals surface area contributed by atoms with Crippen LogP contribution in [0.15, 0.2) is 6.33 Å². The molecule has 2 atom stereocenters. The minimum Gasteiger partial charge on any atom is -0.383 e. The van der Waals surface area contributed by atoms with Crippen molar-refractivity contribution in [3.05, 3.63) is 11.9 Å². The molecule has 0 aliphatic heterocycles. The Kier molecular flexibility index (Phi) is 3.53. The number of aromatic nitrogens is 2. The number of nitrogen functional groups attached to an aromatic ring is 1. The van der Waals surface area contributed by atoms with E-state index >= 15 is 0 Å². The lowest BCUT2D eigenvalue weighted by molar-refractivity contribution is 0.761. The van der Waals surface area contributed by atoms with Gasteiger partial charge in [-0.05, 0) is 26.0 Å². The molecule has 2 unspecified atom stereocenters. The summed E-state index contributed by atoms with van der Waals surface area (Å²) in [4.78, 5) is 8.23. The van der Waals surface area contributed by atoms with Crippen molar-refractivity contribution < 1.29 is 0 Å². The zero-order valence-electron chi connectivity index (χ0n) is 9.73. The highest BCUT2D eigenvalue weighted by Gasteiger charge is 2.27. The number of anilines is 2. The first-order chi connectivity index (χ1) is 7.72. The fourth-order valence-electron chi connectivity index (χ4n) is 2.16. The normalized spacial score (nSPS) is 24.6. The molecule has 1 aromatic rings. The van der Waals surface area contributed by atoms with Gasteiger partial charge in [-0.1, -0.05) is 6.42 Å². The van der Waals surface area contributed by atoms with Crippen molar-refractivity contribution in [2.45, 2.75) is 37.5 Å². The minimum atomic E-state index is 0.517. The molecule has 0 aromatic carbocycles. The van der Waals surface area contributed by atoms with Gasteiger partial charge in [0.1, 0.15) is 18.0 Å². The van der Waals surface area contributed by atoms with Crippen molar-refractivity contribution in [2.24, 2.45) is 0 Å². The van der Waals surface area contributed by atoms with Crippen LogP contribution < -0.4 is 11.1 Å². The molecule has 1 aliphatic carbocycles. The first-order valence-electron chi connectivity index (χ1n) is 5.58. The standard InChI is InChI=1S/C11H18N4S/c1-7-10(12)13-6-14-11(7)15-8-4-3-5-9(8)16-2/h6,8-9H,3-5H2,1-2H3,(H3,12,13,14,15). The van der Waals surface area contributed by atoms with Gasteiger partial charge in [-0.25, -0.2) is 9.97 Å². The third-order valence-corrected chi connectivity index (χ3v) is 4.37. The number of nitrogens with zero attached hydrogens (tertiary/aromatic N) is 2. The van der Waals surface area contributed by atoms with E-state index in [1.807, 2.05) is 18.7 Å². The Labute approximate surface area is 100 Å². The predicted octanol–water partition coefficient (Wildman–Crippen LogP) is 2.06. The Morgan fingerprint density at radius 2 is 2.25 bits per heavy atom. The van der Waals surface area contributed by atoms with Gasteiger partial charge in [-0.15, -0.1) is 0 Å². The number of nitrogens with one attached hydrogen (secondary N) is 1. The molecule has 1 heterocycles. The van der Waals surface area contributed by atoms with Gasteiger partial charge in [0.25, 0.3) is 0 Å². The van der Waals surface area contributed by atoms with E-state index in [0.29, 0.717) is 17.1 Å². The molecule has 0 radical (unpaired) electrons. The van der Waals surface area contributed by atoms with Crippen LogP contribution in [0, 0.1) is 6.92 Å². The van der Waals surface area contributed by atoms with Crippen LogP contribution in [-0.2, 0) is 0 Å². The molecule has 16 heavy (non-hydrogen) atoms. The number of thioether (sulfide) groups is 1. The van der Waals surface area contributed by atoms with Gasteiger partial charge < -0.3 is 11.1 Å². The molecule has 4 nitrogen and oxygen atoms in total. The van der Waals surface area contributed by atoms with Crippen LogP contribution >= 0.6 is 11.8 Å². The summed E-state index contributed by atoms with van der Waals surface area (Å²) in [6.45, 7) is 1.96. The summed E-state index contributed by atoms with van der Waals surface area (Å²) >= 11 is 1.93. The summed E-state index contributed by atoms with van der Waals surface area (Å²) < 4.78 is 0. The molecule has 0 amide bonds. The molecule has 1 saturated carbocycles. The molecular formula is C11H18N4S. The van der Waals surface area contributed by atoms with E-state index in [1.54, 1.807) is 0 Å². The molecule has 1 aliphatic rings. The SMILES string of the molecule is CSC1CCCC1Nc1ncnc(N)c1C. The van der Waals surface area contributed by atoms with E-state index in [2.05, 4.69) is 21.5 Å². The van der Waals surface area contributed by atoms with E-state index in [4.69, 9.17) is 5.73 Å². The van der Waals surface area contributed by atoms with E-state index in [0.717, 1.165) is 11.4 Å². The third kappa shape index (κ3) is 2.24. The van der Waals surface area contributed by atoms with Gasteiger partial charge in [0, 0.05) is 16.9 Å². The predicted molar refractivity (Wildman–Crippen MR) is 69.7 cm³/mol. The van der Waals surface area contributed by atoms with E-state index in [9.17, 15) is 0 Å². The molecule has 1 aromatic heterocycles. The topological polar surface area (TPSA) is 63.8 Å². The molecule has 3 N–H and O–H groups in total. The summed E-state index contributed by atoms with van der Waals surface area (Å²) in [6.07, 6.45) is 7.50. The van der Waals surface area contributed by atoms with Gasteiger partial charge in [0.15, 0.2) is 0 Å². The smallest absolute Gasteiger partial charge is 0.134 e. The van der Waals surface area contributed by atoms with Gasteiger partial charge in [0.2, 0.25) is 0 Å². The minimum absolute atomic E-state index is 0.517. The number of nitrogens with two attached hydrogens (primary N) is 1. The van der Waals surface area contributed by atoms with Crippen LogP contribution in [0.2, 0.25) is 0 Å². The summed E-state index contributed by atoms with van der Waals surface area (Å²) in [7, 11) is 0. The Balaban J connectivity index is 2.11. The van der Waals surface area contributed by atoms with Gasteiger partial charge in [-0.2, -0.15) is 11.8 Å². The fourth-order valence-corrected chi connectivity index (χ4v) is 3.09. The summed E-state index contributed by atoms with van der Waals surface area (Å²) in [5, 5.41) is 4.19. The molecule has 2 rings (SSSR count). The van der Waals surface area contributed by atoms with Crippen LogP contribution in [0.25, 0.3) is 0 Å². The summed E-state index contributed by atoms with van der Waals surface area (Å²) in [5.41, 5.74) is 6.72. The van der Waals surface area contributed by atoms with Crippen molar-refractivity contribution in [3.63, 3.8) is 0 Å². The Morgan fingerprint density at radius 3 is 3.00 bits per heavy atom. The van der Waals surface area contributed by atoms with Crippen molar-refractivity contribution in [3.8, 4) is 0 Å². The lowest BCUT2D eigenvalue weighted by Gasteiger charge is -2.20. The summed E-state index contributed by atoms with van der Waals surface area (Å²) in [5.74, 6) is 1.45. The second-order valence-corrected chi connectivity index (χ2v) is 5.27. The molecule has 1 fully saturated rings. The van der Waals surface area contributed by atoms with Gasteiger partial charge in [-0.3, -0.25) is 0 Å². The monoisotopic (exact) mass is 238 g/mol. The van der Waals surface area contributed by atoms with Crippen molar-refractivity contribution in [2.75, 3.05) is 17.3 Å². The highest BCUT2D eigenvalue weighted by molar-refractivity contribution is 7.99. The maximum absolute atomic E-state index is 5.77. The largest absolute Gasteiger partial charge is 0.383 e. The van der Waals surface area contributed by atoms with E-state index in [1.165, 1.54) is 25.6 Å². The third-order valence-electron chi connectivity index (χ3n) is 3.20. The second-order valence-electron chi connectivity index (χ2n) is 4.19. The second kappa shape index (κ2) is 4.91. The maximum atomic E-state index is 5.77. The number of rotatable bonds is 3. The molecule has 5 heteroatoms. The van der Waals surface area contributed by atoms with Crippen LogP contribution in [0.5, 0.6) is 0 Å². The number of hydrogen-bond donors (Lipinski definition) is 2. The zero-order chi connectivity index (χ0) is 11.5. The van der Waals surface area contributed by atoms with Crippen molar-refractivity contribution in [1.29, 1.82) is 0 Å². The molecule has 0 bridgehead atoms. The molecule has 0 spiro atoms. The lowest BCUT2D eigenvalue weighted by atomic mass is 10.2. The molecule has 88 valence electrons. The summed E-state index contributed by atoms with van der Waals surface area (Å²) in [6, 6.07) is 0.517. The van der Waals surface area contributed by atoms with Crippen LogP contribution in [0.4, 0.5) is 11.6 Å². The maximum Gasteiger partial charge on any atom is 0.134 e. The highest BCUT2D eigenvalue weighted by Crippen LogP contribution is 2.31. The van der Waals surface area contributed by atoms with Crippen LogP contribution in [-0.4, -0.2) is 27.5 Å². The molecular weight excluding hydrogens is 220 g/mol. The molecule has 0 saturated heterocycles. The van der Waals surface area contributed by atoms with Crippen molar-refractivity contribution in [1.82, 2.24) is 9.97 Å². The number of hydrogen-bond acceptors (Lipinski definition) is 5. The Hall–Kier alpha value is -0.970. The quantitative estimate of drug-likeness (QED) is 0.844. The van der Waals surface area contributed by atoms with Gasteiger partial charge >= 0.3 is 0 Å². The van der Waals surface area contributed by atoms with E-state index in [-0.39, 0.29) is 0 Å². The van der Waals surface area contributed by atoms with E-state index < -0.39 is 0 Å². The Morgan fingerprint density at radius 1 is 1.44 bits per heavy atom. The van der Waals surface area contributed by atoms with Crippen LogP contribution in [0.3, 0.4) is 0 Å². The van der Waals surface area contributed by atoms with Crippen molar-refractivity contribution >= 4 is 23.4 Å². The fraction of sp³-hybridized carbons (Fsp3) is 0.636. The Bertz CT molecular complexity index is 369. The first kappa shape index (κ1) is 11.5.